The molecule has 2 heterocycles. The van der Waals surface area contributed by atoms with Crippen LogP contribution in [0.15, 0.2) is 6.20 Å². The fourth-order valence-electron chi connectivity index (χ4n) is 1.81. The summed E-state index contributed by atoms with van der Waals surface area (Å²) in [5.41, 5.74) is 5.84. The van der Waals surface area contributed by atoms with E-state index in [0.717, 1.165) is 29.3 Å². The summed E-state index contributed by atoms with van der Waals surface area (Å²) < 4.78 is 0. The van der Waals surface area contributed by atoms with Gasteiger partial charge < -0.3 is 10.6 Å². The lowest BCUT2D eigenvalue weighted by molar-refractivity contribution is 0.0713. The maximum Gasteiger partial charge on any atom is 0.265 e. The molecule has 5 heteroatoms. The van der Waals surface area contributed by atoms with Crippen LogP contribution in [0.25, 0.3) is 0 Å². The first kappa shape index (κ1) is 10.6. The van der Waals surface area contributed by atoms with Crippen molar-refractivity contribution in [2.75, 3.05) is 13.1 Å². The van der Waals surface area contributed by atoms with Crippen molar-refractivity contribution in [3.05, 3.63) is 16.1 Å². The minimum atomic E-state index is 0.0794. The molecule has 1 aromatic rings. The Kier molecular flexibility index (Phi) is 3.02. The molecule has 0 radical (unpaired) electrons. The van der Waals surface area contributed by atoms with Crippen LogP contribution in [0.3, 0.4) is 0 Å². The monoisotopic (exact) mass is 225 g/mol. The molecule has 0 unspecified atom stereocenters. The van der Waals surface area contributed by atoms with Crippen molar-refractivity contribution in [1.82, 2.24) is 9.88 Å². The fourth-order valence-corrected chi connectivity index (χ4v) is 2.56. The summed E-state index contributed by atoms with van der Waals surface area (Å²) in [6.45, 7) is 3.41. The zero-order valence-electron chi connectivity index (χ0n) is 8.77. The van der Waals surface area contributed by atoms with E-state index in [1.54, 1.807) is 6.20 Å². The first-order valence-corrected chi connectivity index (χ1v) is 5.96. The molecule has 15 heavy (non-hydrogen) atoms. The van der Waals surface area contributed by atoms with E-state index in [0.29, 0.717) is 6.54 Å². The number of aromatic nitrogens is 1. The molecule has 0 spiro atoms. The van der Waals surface area contributed by atoms with E-state index < -0.39 is 0 Å². The number of carbonyl (C=O) groups excluding carboxylic acids is 1. The molecule has 0 bridgehead atoms. The van der Waals surface area contributed by atoms with Gasteiger partial charge in [0.25, 0.3) is 5.91 Å². The van der Waals surface area contributed by atoms with Crippen molar-refractivity contribution in [1.29, 1.82) is 0 Å². The van der Waals surface area contributed by atoms with Crippen molar-refractivity contribution in [3.8, 4) is 0 Å². The van der Waals surface area contributed by atoms with E-state index >= 15 is 0 Å². The van der Waals surface area contributed by atoms with Crippen LogP contribution >= 0.6 is 11.3 Å². The summed E-state index contributed by atoms with van der Waals surface area (Å²) in [4.78, 5) is 18.6. The van der Waals surface area contributed by atoms with Crippen LogP contribution < -0.4 is 5.73 Å². The Labute approximate surface area is 93.1 Å². The minimum Gasteiger partial charge on any atom is -0.336 e. The highest BCUT2D eigenvalue weighted by Crippen LogP contribution is 2.17. The Hall–Kier alpha value is -0.940. The number of hydrogen-bond donors (Lipinski definition) is 1. The number of nitrogens with zero attached hydrogens (tertiary/aromatic N) is 2. The summed E-state index contributed by atoms with van der Waals surface area (Å²) in [7, 11) is 0. The van der Waals surface area contributed by atoms with Gasteiger partial charge in [-0.15, -0.1) is 11.3 Å². The highest BCUT2D eigenvalue weighted by Gasteiger charge is 2.23. The molecule has 0 aliphatic carbocycles. The molecular weight excluding hydrogens is 210 g/mol. The van der Waals surface area contributed by atoms with E-state index in [9.17, 15) is 4.79 Å². The number of amides is 1. The number of aryl methyl sites for hydroxylation is 1. The third kappa shape index (κ3) is 2.35. The molecule has 1 aliphatic rings. The van der Waals surface area contributed by atoms with Gasteiger partial charge in [0, 0.05) is 19.1 Å². The maximum atomic E-state index is 12.0. The molecule has 2 rings (SSSR count). The molecule has 1 aliphatic heterocycles. The quantitative estimate of drug-likeness (QED) is 0.776. The molecule has 1 atom stereocenters. The molecule has 2 N–H and O–H groups in total. The number of piperidine rings is 1. The van der Waals surface area contributed by atoms with Crippen LogP contribution in [0, 0.1) is 6.92 Å². The van der Waals surface area contributed by atoms with E-state index in [-0.39, 0.29) is 11.9 Å². The maximum absolute atomic E-state index is 12.0. The molecule has 0 aromatic carbocycles. The van der Waals surface area contributed by atoms with E-state index in [2.05, 4.69) is 4.98 Å². The molecule has 0 saturated carbocycles. The average Bonchev–Trinajstić information content (AvgIpc) is 2.64. The van der Waals surface area contributed by atoms with Gasteiger partial charge in [-0.1, -0.05) is 0 Å². The lowest BCUT2D eigenvalue weighted by atomic mass is 10.1. The van der Waals surface area contributed by atoms with Gasteiger partial charge in [-0.3, -0.25) is 4.79 Å². The largest absolute Gasteiger partial charge is 0.336 e. The lowest BCUT2D eigenvalue weighted by Gasteiger charge is -2.30. The second-order valence-electron chi connectivity index (χ2n) is 3.90. The van der Waals surface area contributed by atoms with Crippen molar-refractivity contribution >= 4 is 17.2 Å². The van der Waals surface area contributed by atoms with E-state index in [4.69, 9.17) is 5.73 Å². The first-order valence-electron chi connectivity index (χ1n) is 5.14. The van der Waals surface area contributed by atoms with Gasteiger partial charge in [0.05, 0.1) is 11.2 Å². The normalized spacial score (nSPS) is 21.7. The second-order valence-corrected chi connectivity index (χ2v) is 5.13. The van der Waals surface area contributed by atoms with Crippen molar-refractivity contribution in [2.45, 2.75) is 25.8 Å². The van der Waals surface area contributed by atoms with Gasteiger partial charge in [-0.2, -0.15) is 0 Å². The summed E-state index contributed by atoms with van der Waals surface area (Å²) in [6.07, 6.45) is 3.68. The van der Waals surface area contributed by atoms with Gasteiger partial charge in [0.1, 0.15) is 4.88 Å². The molecule has 4 nitrogen and oxygen atoms in total. The van der Waals surface area contributed by atoms with Crippen LogP contribution in [0.1, 0.15) is 27.5 Å². The predicted molar refractivity (Wildman–Crippen MR) is 60.0 cm³/mol. The zero-order valence-corrected chi connectivity index (χ0v) is 9.59. The standard InChI is InChI=1S/C10H15N3OS/c1-7-12-5-9(15-7)10(14)13-4-2-3-8(11)6-13/h5,8H,2-4,6,11H2,1H3/t8-/m1/s1. The number of carbonyl (C=O) groups is 1. The number of hydrogen-bond acceptors (Lipinski definition) is 4. The Balaban J connectivity index is 2.07. The van der Waals surface area contributed by atoms with Crippen LogP contribution in [0.4, 0.5) is 0 Å². The van der Waals surface area contributed by atoms with E-state index in [1.807, 2.05) is 11.8 Å². The summed E-state index contributed by atoms with van der Waals surface area (Å²) in [5, 5.41) is 0.930. The Morgan fingerprint density at radius 1 is 1.73 bits per heavy atom. The SMILES string of the molecule is Cc1ncc(C(=O)N2CCC[C@@H](N)C2)s1. The summed E-state index contributed by atoms with van der Waals surface area (Å²) >= 11 is 1.45. The summed E-state index contributed by atoms with van der Waals surface area (Å²) in [5.74, 6) is 0.0794. The Bertz CT molecular complexity index is 363. The van der Waals surface area contributed by atoms with Crippen LogP contribution in [-0.2, 0) is 0 Å². The smallest absolute Gasteiger partial charge is 0.265 e. The van der Waals surface area contributed by atoms with Gasteiger partial charge in [-0.05, 0) is 19.8 Å². The first-order chi connectivity index (χ1) is 7.16. The second kappa shape index (κ2) is 4.28. The van der Waals surface area contributed by atoms with Gasteiger partial charge >= 0.3 is 0 Å². The Morgan fingerprint density at radius 2 is 2.53 bits per heavy atom. The van der Waals surface area contributed by atoms with Crippen LogP contribution in [-0.4, -0.2) is 34.9 Å². The predicted octanol–water partition coefficient (Wildman–Crippen LogP) is 1.01. The minimum absolute atomic E-state index is 0.0794. The van der Waals surface area contributed by atoms with Crippen molar-refractivity contribution in [3.63, 3.8) is 0 Å². The molecule has 1 aromatic heterocycles. The van der Waals surface area contributed by atoms with Crippen LogP contribution in [0.5, 0.6) is 0 Å². The number of rotatable bonds is 1. The lowest BCUT2D eigenvalue weighted by Crippen LogP contribution is -2.45. The highest BCUT2D eigenvalue weighted by molar-refractivity contribution is 7.13. The van der Waals surface area contributed by atoms with Gasteiger partial charge in [-0.25, -0.2) is 4.98 Å². The third-order valence-electron chi connectivity index (χ3n) is 2.58. The Morgan fingerprint density at radius 3 is 3.13 bits per heavy atom. The number of likely N-dealkylation sites (tertiary alicyclic amines) is 1. The van der Waals surface area contributed by atoms with Crippen molar-refractivity contribution < 1.29 is 4.79 Å². The highest BCUT2D eigenvalue weighted by atomic mass is 32.1. The van der Waals surface area contributed by atoms with Crippen molar-refractivity contribution in [2.24, 2.45) is 5.73 Å². The molecule has 1 amide bonds. The van der Waals surface area contributed by atoms with E-state index in [1.165, 1.54) is 11.3 Å². The summed E-state index contributed by atoms with van der Waals surface area (Å²) in [6, 6.07) is 0.136. The molecule has 1 fully saturated rings. The molecule has 82 valence electrons. The zero-order chi connectivity index (χ0) is 10.8. The number of thiazole rings is 1. The van der Waals surface area contributed by atoms with Gasteiger partial charge in [0.15, 0.2) is 0 Å². The van der Waals surface area contributed by atoms with Crippen LogP contribution in [0.2, 0.25) is 0 Å². The fraction of sp³-hybridized carbons (Fsp3) is 0.600. The molecular formula is C10H15N3OS. The number of nitrogens with two attached hydrogens (primary N) is 1. The van der Waals surface area contributed by atoms with Gasteiger partial charge in [0.2, 0.25) is 0 Å². The average molecular weight is 225 g/mol. The molecule has 1 saturated heterocycles. The third-order valence-corrected chi connectivity index (χ3v) is 3.48. The topological polar surface area (TPSA) is 59.2 Å².